The Bertz CT molecular complexity index is 563. The molecule has 0 aromatic heterocycles. The highest BCUT2D eigenvalue weighted by Crippen LogP contribution is 2.30. The van der Waals surface area contributed by atoms with Gasteiger partial charge in [0, 0.05) is 43.3 Å². The smallest absolute Gasteiger partial charge is 0.254 e. The van der Waals surface area contributed by atoms with E-state index in [1.54, 1.807) is 14.2 Å². The maximum atomic E-state index is 12.9. The largest absolute Gasteiger partial charge is 0.496 e. The van der Waals surface area contributed by atoms with Crippen molar-refractivity contribution in [3.8, 4) is 11.5 Å². The Kier molecular flexibility index (Phi) is 5.29. The number of methoxy groups -OCH3 is 2. The summed E-state index contributed by atoms with van der Waals surface area (Å²) in [6, 6.07) is 4.38. The lowest BCUT2D eigenvalue weighted by atomic mass is 10.1. The van der Waals surface area contributed by atoms with Crippen LogP contribution in [0.25, 0.3) is 0 Å². The molecule has 1 amide bonds. The number of carbonyl (C=O) groups is 1. The van der Waals surface area contributed by atoms with Crippen molar-refractivity contribution in [2.45, 2.75) is 38.6 Å². The zero-order chi connectivity index (χ0) is 17.1. The summed E-state index contributed by atoms with van der Waals surface area (Å²) in [5.41, 5.74) is 1.56. The Labute approximate surface area is 144 Å². The lowest BCUT2D eigenvalue weighted by Gasteiger charge is -2.38. The van der Waals surface area contributed by atoms with Crippen molar-refractivity contribution in [1.29, 1.82) is 0 Å². The van der Waals surface area contributed by atoms with E-state index in [1.807, 2.05) is 24.0 Å². The van der Waals surface area contributed by atoms with Crippen LogP contribution >= 0.6 is 0 Å². The van der Waals surface area contributed by atoms with Crippen LogP contribution in [0.5, 0.6) is 11.5 Å². The van der Waals surface area contributed by atoms with Gasteiger partial charge >= 0.3 is 0 Å². The van der Waals surface area contributed by atoms with Gasteiger partial charge in [0.2, 0.25) is 0 Å². The molecule has 0 atom stereocenters. The highest BCUT2D eigenvalue weighted by atomic mass is 16.5. The first kappa shape index (κ1) is 17.1. The van der Waals surface area contributed by atoms with E-state index in [0.29, 0.717) is 17.1 Å². The molecule has 0 N–H and O–H groups in total. The summed E-state index contributed by atoms with van der Waals surface area (Å²) in [5.74, 6) is 1.46. The normalized spacial score (nSPS) is 19.5. The Balaban J connectivity index is 1.69. The fourth-order valence-electron chi connectivity index (χ4n) is 3.95. The van der Waals surface area contributed by atoms with Gasteiger partial charge in [-0.05, 0) is 31.9 Å². The molecule has 1 heterocycles. The molecule has 1 saturated carbocycles. The molecule has 1 aromatic carbocycles. The molecule has 0 unspecified atom stereocenters. The fraction of sp³-hybridized carbons (Fsp3) is 0.632. The summed E-state index contributed by atoms with van der Waals surface area (Å²) >= 11 is 0. The molecule has 5 heteroatoms. The highest BCUT2D eigenvalue weighted by Gasteiger charge is 2.28. The van der Waals surface area contributed by atoms with Gasteiger partial charge in [0.05, 0.1) is 14.2 Å². The lowest BCUT2D eigenvalue weighted by Crippen LogP contribution is -2.51. The van der Waals surface area contributed by atoms with Crippen molar-refractivity contribution in [2.24, 2.45) is 0 Å². The Morgan fingerprint density at radius 2 is 1.54 bits per heavy atom. The van der Waals surface area contributed by atoms with Crippen LogP contribution in [0.2, 0.25) is 0 Å². The summed E-state index contributed by atoms with van der Waals surface area (Å²) in [7, 11) is 3.24. The first-order valence-corrected chi connectivity index (χ1v) is 8.90. The van der Waals surface area contributed by atoms with Gasteiger partial charge in [-0.1, -0.05) is 12.8 Å². The molecule has 5 nitrogen and oxygen atoms in total. The quantitative estimate of drug-likeness (QED) is 0.850. The van der Waals surface area contributed by atoms with E-state index in [2.05, 4.69) is 4.90 Å². The SMILES string of the molecule is COc1cc(C(=O)N2CCN(C3CCCC3)CC2)cc(OC)c1C. The van der Waals surface area contributed by atoms with Crippen LogP contribution in [-0.4, -0.2) is 62.1 Å². The Morgan fingerprint density at radius 3 is 2.04 bits per heavy atom. The van der Waals surface area contributed by atoms with Gasteiger partial charge in [0.1, 0.15) is 11.5 Å². The van der Waals surface area contributed by atoms with Crippen LogP contribution in [0.3, 0.4) is 0 Å². The van der Waals surface area contributed by atoms with Gasteiger partial charge in [-0.25, -0.2) is 0 Å². The minimum Gasteiger partial charge on any atom is -0.496 e. The van der Waals surface area contributed by atoms with Gasteiger partial charge in [-0.15, -0.1) is 0 Å². The average Bonchev–Trinajstić information content (AvgIpc) is 3.16. The number of rotatable bonds is 4. The number of carbonyl (C=O) groups excluding carboxylic acids is 1. The Morgan fingerprint density at radius 1 is 1.00 bits per heavy atom. The second-order valence-corrected chi connectivity index (χ2v) is 6.77. The second-order valence-electron chi connectivity index (χ2n) is 6.77. The maximum absolute atomic E-state index is 12.9. The summed E-state index contributed by atoms with van der Waals surface area (Å²) in [6.07, 6.45) is 5.35. The van der Waals surface area contributed by atoms with Crippen molar-refractivity contribution < 1.29 is 14.3 Å². The molecule has 132 valence electrons. The topological polar surface area (TPSA) is 42.0 Å². The molecule has 24 heavy (non-hydrogen) atoms. The predicted octanol–water partition coefficient (Wildman–Crippen LogP) is 2.71. The van der Waals surface area contributed by atoms with E-state index in [1.165, 1.54) is 25.7 Å². The number of amides is 1. The van der Waals surface area contributed by atoms with Crippen molar-refractivity contribution in [2.75, 3.05) is 40.4 Å². The maximum Gasteiger partial charge on any atom is 0.254 e. The van der Waals surface area contributed by atoms with Crippen LogP contribution in [0, 0.1) is 6.92 Å². The van der Waals surface area contributed by atoms with Crippen molar-refractivity contribution in [3.05, 3.63) is 23.3 Å². The number of hydrogen-bond donors (Lipinski definition) is 0. The number of hydrogen-bond acceptors (Lipinski definition) is 4. The molecule has 1 aliphatic carbocycles. The number of nitrogens with zero attached hydrogens (tertiary/aromatic N) is 2. The first-order chi connectivity index (χ1) is 11.6. The summed E-state index contributed by atoms with van der Waals surface area (Å²) < 4.78 is 10.8. The van der Waals surface area contributed by atoms with Crippen LogP contribution in [-0.2, 0) is 0 Å². The fourth-order valence-corrected chi connectivity index (χ4v) is 3.95. The summed E-state index contributed by atoms with van der Waals surface area (Å²) in [5, 5.41) is 0. The third kappa shape index (κ3) is 3.36. The number of benzene rings is 1. The molecule has 3 rings (SSSR count). The number of piperazine rings is 1. The van der Waals surface area contributed by atoms with E-state index >= 15 is 0 Å². The molecular weight excluding hydrogens is 304 g/mol. The third-order valence-corrected chi connectivity index (χ3v) is 5.44. The van der Waals surface area contributed by atoms with Crippen LogP contribution in [0.4, 0.5) is 0 Å². The first-order valence-electron chi connectivity index (χ1n) is 8.90. The van der Waals surface area contributed by atoms with Gasteiger partial charge in [0.25, 0.3) is 5.91 Å². The highest BCUT2D eigenvalue weighted by molar-refractivity contribution is 5.95. The molecule has 2 aliphatic rings. The average molecular weight is 332 g/mol. The number of ether oxygens (including phenoxy) is 2. The van der Waals surface area contributed by atoms with E-state index < -0.39 is 0 Å². The van der Waals surface area contributed by atoms with Crippen molar-refractivity contribution in [1.82, 2.24) is 9.80 Å². The lowest BCUT2D eigenvalue weighted by molar-refractivity contribution is 0.0572. The van der Waals surface area contributed by atoms with Gasteiger partial charge < -0.3 is 14.4 Å². The Hall–Kier alpha value is -1.75. The van der Waals surface area contributed by atoms with Crippen LogP contribution in [0.1, 0.15) is 41.6 Å². The predicted molar refractivity (Wildman–Crippen MR) is 94.0 cm³/mol. The molecule has 0 radical (unpaired) electrons. The monoisotopic (exact) mass is 332 g/mol. The molecule has 0 bridgehead atoms. The van der Waals surface area contributed by atoms with E-state index in [9.17, 15) is 4.79 Å². The third-order valence-electron chi connectivity index (χ3n) is 5.44. The van der Waals surface area contributed by atoms with E-state index in [0.717, 1.165) is 37.8 Å². The molecule has 1 aliphatic heterocycles. The molecule has 1 aromatic rings. The zero-order valence-electron chi connectivity index (χ0n) is 15.0. The van der Waals surface area contributed by atoms with E-state index in [-0.39, 0.29) is 5.91 Å². The van der Waals surface area contributed by atoms with Gasteiger partial charge in [0.15, 0.2) is 0 Å². The van der Waals surface area contributed by atoms with Crippen LogP contribution in [0.15, 0.2) is 12.1 Å². The summed E-state index contributed by atoms with van der Waals surface area (Å²) in [4.78, 5) is 17.4. The standard InChI is InChI=1S/C19H28N2O3/c1-14-17(23-2)12-15(13-18(14)24-3)19(22)21-10-8-20(9-11-21)16-6-4-5-7-16/h12-13,16H,4-11H2,1-3H3. The molecule has 0 spiro atoms. The van der Waals surface area contributed by atoms with Gasteiger partial charge in [-0.3, -0.25) is 9.69 Å². The minimum atomic E-state index is 0.0673. The minimum absolute atomic E-state index is 0.0673. The second kappa shape index (κ2) is 7.43. The van der Waals surface area contributed by atoms with Crippen molar-refractivity contribution in [3.63, 3.8) is 0 Å². The van der Waals surface area contributed by atoms with Gasteiger partial charge in [-0.2, -0.15) is 0 Å². The summed E-state index contributed by atoms with van der Waals surface area (Å²) in [6.45, 7) is 5.50. The van der Waals surface area contributed by atoms with Crippen LogP contribution < -0.4 is 9.47 Å². The van der Waals surface area contributed by atoms with Crippen molar-refractivity contribution >= 4 is 5.91 Å². The molecule has 1 saturated heterocycles. The molecular formula is C19H28N2O3. The van der Waals surface area contributed by atoms with E-state index in [4.69, 9.17) is 9.47 Å². The molecule has 2 fully saturated rings. The zero-order valence-corrected chi connectivity index (χ0v) is 15.0.